The molecule has 0 aliphatic carbocycles. The maximum Gasteiger partial charge on any atom is 0.470 e. The summed E-state index contributed by atoms with van der Waals surface area (Å²) in [4.78, 5) is 17.0. The van der Waals surface area contributed by atoms with E-state index in [1.165, 1.54) is 0 Å². The van der Waals surface area contributed by atoms with Crippen LogP contribution in [0.5, 0.6) is 0 Å². The van der Waals surface area contributed by atoms with Crippen molar-refractivity contribution in [2.45, 2.75) is 38.7 Å². The summed E-state index contributed by atoms with van der Waals surface area (Å²) >= 11 is 0. The molecule has 1 aromatic heterocycles. The van der Waals surface area contributed by atoms with Crippen molar-refractivity contribution < 1.29 is 22.4 Å². The van der Waals surface area contributed by atoms with Gasteiger partial charge in [-0.1, -0.05) is 30.3 Å². The van der Waals surface area contributed by atoms with E-state index in [9.17, 15) is 18.0 Å². The Kier molecular flexibility index (Phi) is 6.37. The molecule has 1 aliphatic rings. The highest BCUT2D eigenvalue weighted by Gasteiger charge is 2.38. The highest BCUT2D eigenvalue weighted by molar-refractivity contribution is 5.92. The number of piperazine rings is 1. The van der Waals surface area contributed by atoms with Crippen LogP contribution in [0.3, 0.4) is 0 Å². The van der Waals surface area contributed by atoms with Crippen LogP contribution in [0.15, 0.2) is 59.0 Å². The molecule has 0 radical (unpaired) electrons. The van der Waals surface area contributed by atoms with Gasteiger partial charge >= 0.3 is 18.1 Å². The molecule has 0 bridgehead atoms. The third-order valence-corrected chi connectivity index (χ3v) is 5.34. The molecule has 1 fully saturated rings. The number of nitrogens with one attached hydrogen (secondary N) is 1. The van der Waals surface area contributed by atoms with Crippen molar-refractivity contribution in [1.82, 2.24) is 20.4 Å². The quantitative estimate of drug-likeness (QED) is 0.619. The summed E-state index contributed by atoms with van der Waals surface area (Å²) in [5, 5.41) is 9.96. The smallest absolute Gasteiger partial charge is 0.413 e. The molecular weight excluding hydrogens is 435 g/mol. The Morgan fingerprint density at radius 2 is 1.70 bits per heavy atom. The summed E-state index contributed by atoms with van der Waals surface area (Å²) in [5.74, 6) is -1.60. The van der Waals surface area contributed by atoms with Crippen molar-refractivity contribution in [3.05, 3.63) is 66.1 Å². The van der Waals surface area contributed by atoms with Gasteiger partial charge < -0.3 is 14.6 Å². The summed E-state index contributed by atoms with van der Waals surface area (Å²) in [6.07, 6.45) is -4.69. The number of nitrogens with zero attached hydrogens (tertiary/aromatic N) is 4. The van der Waals surface area contributed by atoms with Gasteiger partial charge in [0.2, 0.25) is 5.89 Å². The summed E-state index contributed by atoms with van der Waals surface area (Å²) in [7, 11) is 0. The molecule has 2 heterocycles. The SMILES string of the molecule is C[C@@H]1CN(C(=O)N(Cc2ccc(-c3nnc(C(F)(F)F)o3)cc2)c2ccccc2)C[C@H](C)N1. The maximum absolute atomic E-state index is 13.5. The van der Waals surface area contributed by atoms with Gasteiger partial charge in [0, 0.05) is 36.4 Å². The Morgan fingerprint density at radius 1 is 1.06 bits per heavy atom. The van der Waals surface area contributed by atoms with Crippen LogP contribution in [-0.2, 0) is 12.7 Å². The van der Waals surface area contributed by atoms with Gasteiger partial charge in [-0.2, -0.15) is 13.2 Å². The molecule has 4 rings (SSSR count). The van der Waals surface area contributed by atoms with E-state index in [4.69, 9.17) is 4.42 Å². The fourth-order valence-corrected chi connectivity index (χ4v) is 3.92. The summed E-state index contributed by atoms with van der Waals surface area (Å²) < 4.78 is 42.9. The number of alkyl halides is 3. The number of carbonyl (C=O) groups excluding carboxylic acids is 1. The fraction of sp³-hybridized carbons (Fsp3) is 0.348. The molecule has 0 spiro atoms. The number of amides is 2. The minimum atomic E-state index is -4.69. The number of hydrogen-bond acceptors (Lipinski definition) is 5. The lowest BCUT2D eigenvalue weighted by molar-refractivity contribution is -0.156. The highest BCUT2D eigenvalue weighted by atomic mass is 19.4. The lowest BCUT2D eigenvalue weighted by atomic mass is 10.1. The first-order valence-electron chi connectivity index (χ1n) is 10.6. The van der Waals surface area contributed by atoms with E-state index in [1.54, 1.807) is 29.2 Å². The van der Waals surface area contributed by atoms with E-state index in [2.05, 4.69) is 15.5 Å². The standard InChI is InChI=1S/C23H24F3N5O2/c1-15-12-30(13-16(2)27-15)22(32)31(19-6-4-3-5-7-19)14-17-8-10-18(11-9-17)20-28-29-21(33-20)23(24,25)26/h3-11,15-16,27H,12-14H2,1-2H3/t15-,16+. The molecule has 10 heteroatoms. The van der Waals surface area contributed by atoms with E-state index in [0.717, 1.165) is 11.3 Å². The summed E-state index contributed by atoms with van der Waals surface area (Å²) in [6, 6.07) is 16.3. The number of urea groups is 1. The molecule has 3 aromatic rings. The van der Waals surface area contributed by atoms with Crippen molar-refractivity contribution in [2.75, 3.05) is 18.0 Å². The first kappa shape index (κ1) is 22.8. The van der Waals surface area contributed by atoms with Crippen LogP contribution in [0.2, 0.25) is 0 Å². The molecule has 1 aliphatic heterocycles. The van der Waals surface area contributed by atoms with Gasteiger partial charge in [0.05, 0.1) is 6.54 Å². The van der Waals surface area contributed by atoms with Crippen molar-refractivity contribution in [3.8, 4) is 11.5 Å². The molecule has 2 aromatic carbocycles. The van der Waals surface area contributed by atoms with Gasteiger partial charge in [-0.25, -0.2) is 4.79 Å². The van der Waals surface area contributed by atoms with Crippen LogP contribution in [0.25, 0.3) is 11.5 Å². The second-order valence-corrected chi connectivity index (χ2v) is 8.19. The van der Waals surface area contributed by atoms with Gasteiger partial charge in [-0.3, -0.25) is 4.90 Å². The molecule has 0 saturated carbocycles. The zero-order valence-electron chi connectivity index (χ0n) is 18.2. The van der Waals surface area contributed by atoms with Gasteiger partial charge in [0.15, 0.2) is 0 Å². The van der Waals surface area contributed by atoms with E-state index in [1.807, 2.05) is 49.1 Å². The number of aromatic nitrogens is 2. The van der Waals surface area contributed by atoms with E-state index < -0.39 is 12.1 Å². The van der Waals surface area contributed by atoms with Crippen LogP contribution in [-0.4, -0.2) is 46.3 Å². The molecule has 2 amide bonds. The van der Waals surface area contributed by atoms with Crippen molar-refractivity contribution in [3.63, 3.8) is 0 Å². The predicted molar refractivity (Wildman–Crippen MR) is 116 cm³/mol. The Morgan fingerprint density at radius 3 is 2.27 bits per heavy atom. The monoisotopic (exact) mass is 459 g/mol. The molecule has 1 saturated heterocycles. The average Bonchev–Trinajstić information content (AvgIpc) is 3.28. The lowest BCUT2D eigenvalue weighted by Crippen LogP contribution is -2.58. The van der Waals surface area contributed by atoms with E-state index in [0.29, 0.717) is 25.2 Å². The Hall–Kier alpha value is -3.40. The topological polar surface area (TPSA) is 74.5 Å². The molecule has 174 valence electrons. The van der Waals surface area contributed by atoms with Gasteiger partial charge in [-0.15, -0.1) is 10.2 Å². The molecule has 1 N–H and O–H groups in total. The lowest BCUT2D eigenvalue weighted by Gasteiger charge is -2.39. The Labute approximate surface area is 189 Å². The average molecular weight is 459 g/mol. The zero-order chi connectivity index (χ0) is 23.6. The predicted octanol–water partition coefficient (Wildman–Crippen LogP) is 4.56. The Balaban J connectivity index is 1.55. The maximum atomic E-state index is 13.5. The van der Waals surface area contributed by atoms with Crippen LogP contribution >= 0.6 is 0 Å². The number of halogens is 3. The minimum Gasteiger partial charge on any atom is -0.413 e. The molecular formula is C23H24F3N5O2. The second-order valence-electron chi connectivity index (χ2n) is 8.19. The molecule has 0 unspecified atom stereocenters. The van der Waals surface area contributed by atoms with Gasteiger partial charge in [0.1, 0.15) is 0 Å². The van der Waals surface area contributed by atoms with E-state index >= 15 is 0 Å². The van der Waals surface area contributed by atoms with Gasteiger partial charge in [0.25, 0.3) is 0 Å². The van der Waals surface area contributed by atoms with Crippen LogP contribution in [0, 0.1) is 0 Å². The number of rotatable bonds is 4. The van der Waals surface area contributed by atoms with Crippen LogP contribution < -0.4 is 10.2 Å². The molecule has 33 heavy (non-hydrogen) atoms. The van der Waals surface area contributed by atoms with Gasteiger partial charge in [-0.05, 0) is 43.7 Å². The third-order valence-electron chi connectivity index (χ3n) is 5.34. The van der Waals surface area contributed by atoms with Crippen molar-refractivity contribution >= 4 is 11.7 Å². The van der Waals surface area contributed by atoms with E-state index in [-0.39, 0.29) is 24.0 Å². The Bertz CT molecular complexity index is 1080. The largest absolute Gasteiger partial charge is 0.470 e. The number of anilines is 1. The molecule has 7 nitrogen and oxygen atoms in total. The highest BCUT2D eigenvalue weighted by Crippen LogP contribution is 2.30. The minimum absolute atomic E-state index is 0.0998. The van der Waals surface area contributed by atoms with Crippen LogP contribution in [0.4, 0.5) is 23.7 Å². The normalized spacial score (nSPS) is 18.9. The van der Waals surface area contributed by atoms with Crippen LogP contribution in [0.1, 0.15) is 25.3 Å². The second kappa shape index (κ2) is 9.22. The zero-order valence-corrected chi connectivity index (χ0v) is 18.2. The third kappa shape index (κ3) is 5.33. The first-order chi connectivity index (χ1) is 15.7. The van der Waals surface area contributed by atoms with Crippen molar-refractivity contribution in [2.24, 2.45) is 0 Å². The summed E-state index contributed by atoms with van der Waals surface area (Å²) in [6.45, 7) is 5.59. The fourth-order valence-electron chi connectivity index (χ4n) is 3.92. The molecule has 2 atom stereocenters. The number of benzene rings is 2. The number of para-hydroxylation sites is 1. The number of hydrogen-bond donors (Lipinski definition) is 1. The summed E-state index contributed by atoms with van der Waals surface area (Å²) in [5.41, 5.74) is 1.93. The number of carbonyl (C=O) groups is 1. The first-order valence-corrected chi connectivity index (χ1v) is 10.6. The van der Waals surface area contributed by atoms with Crippen molar-refractivity contribution in [1.29, 1.82) is 0 Å².